The van der Waals surface area contributed by atoms with Gasteiger partial charge in [-0.15, -0.1) is 0 Å². The molecule has 300 valence electrons. The number of pyridine rings is 2. The van der Waals surface area contributed by atoms with Crippen molar-refractivity contribution >= 4 is 46.2 Å². The van der Waals surface area contributed by atoms with Crippen molar-refractivity contribution in [2.75, 3.05) is 38.9 Å². The van der Waals surface area contributed by atoms with Gasteiger partial charge in [-0.3, -0.25) is 19.9 Å². The van der Waals surface area contributed by atoms with Gasteiger partial charge >= 0.3 is 11.9 Å². The average Bonchev–Trinajstić information content (AvgIpc) is 3.21. The Bertz CT molecular complexity index is 2210. The molecule has 2 heterocycles. The zero-order valence-electron chi connectivity index (χ0n) is 33.1. The highest BCUT2D eigenvalue weighted by Gasteiger charge is 2.20. The van der Waals surface area contributed by atoms with Crippen LogP contribution >= 0.6 is 0 Å². The highest BCUT2D eigenvalue weighted by molar-refractivity contribution is 5.91. The van der Waals surface area contributed by atoms with Crippen LogP contribution in [0.1, 0.15) is 60.1 Å². The Hall–Kier alpha value is -5.69. The lowest BCUT2D eigenvalue weighted by atomic mass is 9.92. The van der Waals surface area contributed by atoms with Crippen LogP contribution < -0.4 is 15.4 Å². The number of hydrogen-bond acceptors (Lipinski definition) is 11. The minimum absolute atomic E-state index is 0.231. The van der Waals surface area contributed by atoms with Gasteiger partial charge < -0.3 is 29.7 Å². The third-order valence-electron chi connectivity index (χ3n) is 9.90. The van der Waals surface area contributed by atoms with E-state index in [1.165, 1.54) is 6.08 Å². The summed E-state index contributed by atoms with van der Waals surface area (Å²) in [5.41, 5.74) is 8.16. The van der Waals surface area contributed by atoms with Crippen molar-refractivity contribution in [2.45, 2.75) is 59.5 Å². The molecule has 2 atom stereocenters. The summed E-state index contributed by atoms with van der Waals surface area (Å²) in [7, 11) is 1.55. The predicted molar refractivity (Wildman–Crippen MR) is 221 cm³/mol. The molecule has 0 saturated heterocycles. The Balaban J connectivity index is 1.33. The first-order valence-electron chi connectivity index (χ1n) is 19.1. The van der Waals surface area contributed by atoms with Crippen LogP contribution in [0.5, 0.6) is 5.75 Å². The van der Waals surface area contributed by atoms with Crippen molar-refractivity contribution in [1.29, 1.82) is 0 Å². The number of benzene rings is 3. The Labute approximate surface area is 332 Å². The standard InChI is InChI=1S/C45H51FN4O7/c1-6-56-44(53)35(26-51)13-8-11-31-17-18-33(23-41(31)55-5)38(46)22-32-12-9-14-36(28(32)3)37-15-10-16-39(29(37)4)50-43-42-34(19-20-47-43)21-30(25-49-42)24-48-40(27-52)45(54)57-7-2/h9-10,12,14-23,25,35,40,48,51-52H,6-8,11,13,24,26-27H2,1-5H3,(H,47,50)/b38-22-/t35-,40-/m1/s1. The van der Waals surface area contributed by atoms with Crippen molar-refractivity contribution < 1.29 is 38.4 Å². The molecule has 4 N–H and O–H groups in total. The highest BCUT2D eigenvalue weighted by Crippen LogP contribution is 2.36. The molecule has 11 nitrogen and oxygen atoms in total. The summed E-state index contributed by atoms with van der Waals surface area (Å²) >= 11 is 0. The number of rotatable bonds is 19. The molecule has 5 rings (SSSR count). The van der Waals surface area contributed by atoms with Gasteiger partial charge in [0.05, 0.1) is 39.5 Å². The zero-order valence-corrected chi connectivity index (χ0v) is 33.1. The number of aliphatic hydroxyl groups is 2. The second kappa shape index (κ2) is 20.5. The van der Waals surface area contributed by atoms with Gasteiger partial charge in [-0.2, -0.15) is 0 Å². The molecule has 0 fully saturated rings. The molecule has 0 amide bonds. The number of nitrogens with zero attached hydrogens (tertiary/aromatic N) is 2. The molecule has 3 aromatic carbocycles. The van der Waals surface area contributed by atoms with E-state index in [1.54, 1.807) is 45.5 Å². The molecule has 0 aliphatic carbocycles. The molecule has 0 spiro atoms. The summed E-state index contributed by atoms with van der Waals surface area (Å²) < 4.78 is 31.6. The van der Waals surface area contributed by atoms with Gasteiger partial charge in [0.15, 0.2) is 5.82 Å². The summed E-state index contributed by atoms with van der Waals surface area (Å²) in [6.07, 6.45) is 6.64. The first-order chi connectivity index (χ1) is 27.6. The van der Waals surface area contributed by atoms with Crippen LogP contribution in [0.25, 0.3) is 33.9 Å². The van der Waals surface area contributed by atoms with E-state index in [-0.39, 0.29) is 26.4 Å². The minimum atomic E-state index is -0.831. The lowest BCUT2D eigenvalue weighted by Gasteiger charge is -2.17. The van der Waals surface area contributed by atoms with E-state index in [0.29, 0.717) is 48.5 Å². The smallest absolute Gasteiger partial charge is 0.325 e. The third kappa shape index (κ3) is 10.6. The van der Waals surface area contributed by atoms with E-state index >= 15 is 4.39 Å². The van der Waals surface area contributed by atoms with E-state index in [0.717, 1.165) is 50.0 Å². The van der Waals surface area contributed by atoms with Gasteiger partial charge in [0.1, 0.15) is 23.1 Å². The maximum atomic E-state index is 15.9. The quantitative estimate of drug-likeness (QED) is 0.0484. The topological polar surface area (TPSA) is 152 Å². The molecule has 57 heavy (non-hydrogen) atoms. The van der Waals surface area contributed by atoms with Crippen molar-refractivity contribution in [2.24, 2.45) is 5.92 Å². The second-order valence-corrected chi connectivity index (χ2v) is 13.6. The number of aryl methyl sites for hydroxylation is 1. The fourth-order valence-corrected chi connectivity index (χ4v) is 6.69. The number of aromatic nitrogens is 2. The molecule has 5 aromatic rings. The summed E-state index contributed by atoms with van der Waals surface area (Å²) in [4.78, 5) is 33.4. The molecule has 0 saturated carbocycles. The fraction of sp³-hybridized carbons (Fsp3) is 0.333. The van der Waals surface area contributed by atoms with Crippen LogP contribution in [0.2, 0.25) is 0 Å². The highest BCUT2D eigenvalue weighted by atomic mass is 19.1. The zero-order chi connectivity index (χ0) is 40.9. The number of ether oxygens (including phenoxy) is 3. The van der Waals surface area contributed by atoms with Crippen LogP contribution in [-0.4, -0.2) is 71.7 Å². The van der Waals surface area contributed by atoms with Crippen LogP contribution in [-0.2, 0) is 32.0 Å². The Kier molecular flexibility index (Phi) is 15.2. The number of aliphatic hydroxyl groups excluding tert-OH is 2. The molecule has 0 aliphatic rings. The number of carbonyl (C=O) groups is 2. The number of carbonyl (C=O) groups excluding carboxylic acids is 2. The summed E-state index contributed by atoms with van der Waals surface area (Å²) in [5, 5.41) is 26.6. The number of hydrogen-bond donors (Lipinski definition) is 4. The summed E-state index contributed by atoms with van der Waals surface area (Å²) in [5.74, 6) is -0.765. The van der Waals surface area contributed by atoms with Gasteiger partial charge in [0.25, 0.3) is 0 Å². The monoisotopic (exact) mass is 778 g/mol. The Morgan fingerprint density at radius 3 is 2.35 bits per heavy atom. The maximum Gasteiger partial charge on any atom is 0.325 e. The molecule has 0 radical (unpaired) electrons. The number of anilines is 2. The van der Waals surface area contributed by atoms with E-state index in [4.69, 9.17) is 14.2 Å². The lowest BCUT2D eigenvalue weighted by Crippen LogP contribution is -2.40. The van der Waals surface area contributed by atoms with Gasteiger partial charge in [-0.25, -0.2) is 9.37 Å². The Morgan fingerprint density at radius 2 is 1.63 bits per heavy atom. The van der Waals surface area contributed by atoms with Crippen molar-refractivity contribution in [1.82, 2.24) is 15.3 Å². The van der Waals surface area contributed by atoms with Crippen LogP contribution in [0, 0.1) is 19.8 Å². The molecule has 0 bridgehead atoms. The largest absolute Gasteiger partial charge is 0.496 e. The van der Waals surface area contributed by atoms with Gasteiger partial charge in [0.2, 0.25) is 0 Å². The normalized spacial score (nSPS) is 12.6. The van der Waals surface area contributed by atoms with Gasteiger partial charge in [-0.1, -0.05) is 42.5 Å². The number of nitrogens with one attached hydrogen (secondary N) is 2. The van der Waals surface area contributed by atoms with E-state index in [2.05, 4.69) is 20.6 Å². The predicted octanol–water partition coefficient (Wildman–Crippen LogP) is 7.64. The molecular weight excluding hydrogens is 728 g/mol. The Morgan fingerprint density at radius 1 is 0.895 bits per heavy atom. The van der Waals surface area contributed by atoms with Crippen molar-refractivity contribution in [3.8, 4) is 16.9 Å². The maximum absolute atomic E-state index is 15.9. The average molecular weight is 779 g/mol. The first-order valence-corrected chi connectivity index (χ1v) is 19.1. The lowest BCUT2D eigenvalue weighted by molar-refractivity contribution is -0.149. The third-order valence-corrected chi connectivity index (χ3v) is 9.90. The summed E-state index contributed by atoms with van der Waals surface area (Å²) in [6, 6.07) is 20.0. The first kappa shape index (κ1) is 42.5. The molecular formula is C45H51FN4O7. The SMILES string of the molecule is CCOC(=O)[C@@H](CO)CCCc1ccc(/C(F)=C/c2cccc(-c3cccc(Nc4nccc5cc(CN[C@H](CO)C(=O)OCC)cnc45)c3C)c2C)cc1OC. The van der Waals surface area contributed by atoms with Gasteiger partial charge in [0, 0.05) is 35.6 Å². The number of methoxy groups -OCH3 is 1. The number of halogens is 1. The minimum Gasteiger partial charge on any atom is -0.496 e. The molecule has 2 aromatic heterocycles. The van der Waals surface area contributed by atoms with E-state index in [1.807, 2.05) is 68.4 Å². The van der Waals surface area contributed by atoms with Crippen molar-refractivity contribution in [3.63, 3.8) is 0 Å². The van der Waals surface area contributed by atoms with E-state index < -0.39 is 29.7 Å². The van der Waals surface area contributed by atoms with Gasteiger partial charge in [-0.05, 0) is 116 Å². The second-order valence-electron chi connectivity index (χ2n) is 13.6. The molecule has 12 heteroatoms. The van der Waals surface area contributed by atoms with Crippen LogP contribution in [0.4, 0.5) is 15.9 Å². The van der Waals surface area contributed by atoms with E-state index in [9.17, 15) is 19.8 Å². The van der Waals surface area contributed by atoms with Crippen LogP contribution in [0.15, 0.2) is 79.1 Å². The number of esters is 2. The fourth-order valence-electron chi connectivity index (χ4n) is 6.69. The molecule has 0 aliphatic heterocycles. The summed E-state index contributed by atoms with van der Waals surface area (Å²) in [6.45, 7) is 7.61. The van der Waals surface area contributed by atoms with Crippen LogP contribution in [0.3, 0.4) is 0 Å². The van der Waals surface area contributed by atoms with Crippen molar-refractivity contribution in [3.05, 3.63) is 113 Å². The number of fused-ring (bicyclic) bond motifs is 1. The molecule has 0 unspecified atom stereocenters.